The lowest BCUT2D eigenvalue weighted by atomic mass is 10.1. The highest BCUT2D eigenvalue weighted by Gasteiger charge is 2.33. The zero-order valence-electron chi connectivity index (χ0n) is 13.5. The quantitative estimate of drug-likeness (QED) is 0.555. The number of carbonyl (C=O) groups excluding carboxylic acids is 1. The van der Waals surface area contributed by atoms with Gasteiger partial charge in [0, 0.05) is 10.2 Å². The fraction of sp³-hybridized carbons (Fsp3) is 0.235. The van der Waals surface area contributed by atoms with Crippen LogP contribution in [0.5, 0.6) is 0 Å². The first-order valence-electron chi connectivity index (χ1n) is 7.69. The smallest absolute Gasteiger partial charge is 0.246 e. The summed E-state index contributed by atoms with van der Waals surface area (Å²) >= 11 is 3.48. The molecule has 3 rings (SSSR count). The number of hydrogen-bond acceptors (Lipinski definition) is 5. The Morgan fingerprint density at radius 2 is 1.75 bits per heavy atom. The fourth-order valence-electron chi connectivity index (χ4n) is 2.46. The summed E-state index contributed by atoms with van der Waals surface area (Å²) in [5.41, 5.74) is 12.8. The van der Waals surface area contributed by atoms with Gasteiger partial charge >= 0.3 is 0 Å². The van der Waals surface area contributed by atoms with Crippen LogP contribution in [0.4, 0.5) is 11.4 Å². The molecule has 5 N–H and O–H groups in total. The van der Waals surface area contributed by atoms with Crippen molar-refractivity contribution >= 4 is 33.2 Å². The maximum absolute atomic E-state index is 12.6. The van der Waals surface area contributed by atoms with Gasteiger partial charge in [0.2, 0.25) is 5.91 Å². The van der Waals surface area contributed by atoms with Crippen LogP contribution in [0.1, 0.15) is 11.1 Å². The van der Waals surface area contributed by atoms with Crippen molar-refractivity contribution in [1.82, 2.24) is 16.4 Å². The highest BCUT2D eigenvalue weighted by Crippen LogP contribution is 2.23. The molecule has 0 aromatic heterocycles. The number of anilines is 2. The van der Waals surface area contributed by atoms with Gasteiger partial charge in [0.05, 0.1) is 5.69 Å². The third kappa shape index (κ3) is 3.93. The summed E-state index contributed by atoms with van der Waals surface area (Å²) in [6.45, 7) is 4.04. The molecule has 2 aromatic rings. The molecule has 1 aliphatic heterocycles. The van der Waals surface area contributed by atoms with E-state index in [1.807, 2.05) is 56.3 Å². The molecule has 2 atom stereocenters. The summed E-state index contributed by atoms with van der Waals surface area (Å²) in [6, 6.07) is 13.4. The fourth-order valence-corrected chi connectivity index (χ4v) is 3.05. The molecule has 24 heavy (non-hydrogen) atoms. The lowest BCUT2D eigenvalue weighted by molar-refractivity contribution is -0.118. The second-order valence-corrected chi connectivity index (χ2v) is 6.71. The minimum atomic E-state index is -0.473. The Bertz CT molecular complexity index is 734. The van der Waals surface area contributed by atoms with E-state index in [1.165, 1.54) is 5.56 Å². The van der Waals surface area contributed by atoms with Gasteiger partial charge in [0.1, 0.15) is 12.2 Å². The van der Waals surface area contributed by atoms with Gasteiger partial charge in [-0.05, 0) is 59.6 Å². The topological polar surface area (TPSA) is 77.2 Å². The van der Waals surface area contributed by atoms with E-state index >= 15 is 0 Å². The molecule has 0 aliphatic carbocycles. The van der Waals surface area contributed by atoms with Crippen molar-refractivity contribution in [3.8, 4) is 0 Å². The number of nitrogens with one attached hydrogen (secondary N) is 5. The Morgan fingerprint density at radius 1 is 1.04 bits per heavy atom. The molecule has 6 nitrogen and oxygen atoms in total. The zero-order valence-corrected chi connectivity index (χ0v) is 15.1. The van der Waals surface area contributed by atoms with E-state index < -0.39 is 6.04 Å². The van der Waals surface area contributed by atoms with E-state index in [4.69, 9.17) is 0 Å². The number of benzene rings is 2. The molecular weight excluding hydrogens is 370 g/mol. The Hall–Kier alpha value is -1.93. The van der Waals surface area contributed by atoms with Gasteiger partial charge in [0.15, 0.2) is 0 Å². The molecule has 1 heterocycles. The van der Waals surface area contributed by atoms with Crippen LogP contribution in [-0.2, 0) is 4.79 Å². The average molecular weight is 390 g/mol. The van der Waals surface area contributed by atoms with Gasteiger partial charge < -0.3 is 10.6 Å². The molecule has 1 amide bonds. The van der Waals surface area contributed by atoms with Crippen molar-refractivity contribution in [3.63, 3.8) is 0 Å². The second kappa shape index (κ2) is 7.31. The Kier molecular flexibility index (Phi) is 5.15. The third-order valence-electron chi connectivity index (χ3n) is 3.83. The predicted molar refractivity (Wildman–Crippen MR) is 99.3 cm³/mol. The van der Waals surface area contributed by atoms with Gasteiger partial charge in [-0.15, -0.1) is 0 Å². The molecule has 2 aromatic carbocycles. The van der Waals surface area contributed by atoms with Crippen LogP contribution in [0, 0.1) is 13.8 Å². The highest BCUT2D eigenvalue weighted by atomic mass is 79.9. The summed E-state index contributed by atoms with van der Waals surface area (Å²) < 4.78 is 0.859. The Balaban J connectivity index is 1.68. The number of hydrazine groups is 2. The first kappa shape index (κ1) is 16.9. The molecule has 1 fully saturated rings. The molecule has 2 unspecified atom stereocenters. The summed E-state index contributed by atoms with van der Waals surface area (Å²) in [5.74, 6) is -0.137. The SMILES string of the molecule is Cc1ccc(NC2NNNC2C(=O)Nc2ccc(C)cc2Br)cc1. The number of hydrogen-bond donors (Lipinski definition) is 5. The zero-order chi connectivity index (χ0) is 17.1. The monoisotopic (exact) mass is 389 g/mol. The van der Waals surface area contributed by atoms with E-state index in [-0.39, 0.29) is 12.1 Å². The van der Waals surface area contributed by atoms with Crippen LogP contribution in [0.2, 0.25) is 0 Å². The highest BCUT2D eigenvalue weighted by molar-refractivity contribution is 9.10. The number of rotatable bonds is 4. The molecule has 126 valence electrons. The van der Waals surface area contributed by atoms with Crippen LogP contribution in [-0.4, -0.2) is 18.1 Å². The molecule has 0 spiro atoms. The predicted octanol–water partition coefficient (Wildman–Crippen LogP) is 2.42. The first-order valence-corrected chi connectivity index (χ1v) is 8.48. The lowest BCUT2D eigenvalue weighted by Crippen LogP contribution is -2.48. The van der Waals surface area contributed by atoms with Crippen molar-refractivity contribution in [2.45, 2.75) is 26.1 Å². The summed E-state index contributed by atoms with van der Waals surface area (Å²) in [5, 5.41) is 6.24. The van der Waals surface area contributed by atoms with Gasteiger partial charge in [0.25, 0.3) is 0 Å². The molecule has 7 heteroatoms. The van der Waals surface area contributed by atoms with E-state index in [0.717, 1.165) is 21.4 Å². The van der Waals surface area contributed by atoms with Crippen LogP contribution in [0.3, 0.4) is 0 Å². The van der Waals surface area contributed by atoms with Crippen LogP contribution in [0.15, 0.2) is 46.9 Å². The van der Waals surface area contributed by atoms with E-state index in [1.54, 1.807) is 0 Å². The Labute approximate surface area is 149 Å². The molecule has 0 bridgehead atoms. The van der Waals surface area contributed by atoms with Gasteiger partial charge in [-0.25, -0.2) is 10.9 Å². The van der Waals surface area contributed by atoms with E-state index in [0.29, 0.717) is 0 Å². The third-order valence-corrected chi connectivity index (χ3v) is 4.48. The number of carbonyl (C=O) groups is 1. The average Bonchev–Trinajstić information content (AvgIpc) is 3.00. The summed E-state index contributed by atoms with van der Waals surface area (Å²) in [7, 11) is 0. The van der Waals surface area contributed by atoms with Crippen LogP contribution < -0.4 is 27.0 Å². The minimum Gasteiger partial charge on any atom is -0.367 e. The van der Waals surface area contributed by atoms with E-state index in [9.17, 15) is 4.79 Å². The number of amides is 1. The second-order valence-electron chi connectivity index (χ2n) is 5.85. The maximum atomic E-state index is 12.6. The first-order chi connectivity index (χ1) is 11.5. The van der Waals surface area contributed by atoms with Gasteiger partial charge in [-0.3, -0.25) is 4.79 Å². The molecule has 1 saturated heterocycles. The molecule has 0 radical (unpaired) electrons. The van der Waals surface area contributed by atoms with Gasteiger partial charge in [-0.2, -0.15) is 5.53 Å². The standard InChI is InChI=1S/C17H20BrN5O/c1-10-3-6-12(7-4-10)19-16-15(21-23-22-16)17(24)20-14-8-5-11(2)9-13(14)18/h3-9,15-16,19,21-23H,1-2H3,(H,20,24). The Morgan fingerprint density at radius 3 is 2.46 bits per heavy atom. The molecule has 0 saturated carbocycles. The lowest BCUT2D eigenvalue weighted by Gasteiger charge is -2.20. The van der Waals surface area contributed by atoms with Gasteiger partial charge in [-0.1, -0.05) is 23.8 Å². The van der Waals surface area contributed by atoms with Crippen LogP contribution >= 0.6 is 15.9 Å². The maximum Gasteiger partial charge on any atom is 0.246 e. The largest absolute Gasteiger partial charge is 0.367 e. The van der Waals surface area contributed by atoms with Crippen molar-refractivity contribution in [2.24, 2.45) is 0 Å². The molecule has 1 aliphatic rings. The van der Waals surface area contributed by atoms with Crippen molar-refractivity contribution in [1.29, 1.82) is 0 Å². The van der Waals surface area contributed by atoms with Crippen molar-refractivity contribution in [3.05, 3.63) is 58.1 Å². The van der Waals surface area contributed by atoms with Crippen molar-refractivity contribution in [2.75, 3.05) is 10.6 Å². The molecular formula is C17H20BrN5O. The van der Waals surface area contributed by atoms with Crippen LogP contribution in [0.25, 0.3) is 0 Å². The summed E-state index contributed by atoms with van der Waals surface area (Å²) in [6.07, 6.45) is -0.281. The normalized spacial score (nSPS) is 20.0. The summed E-state index contributed by atoms with van der Waals surface area (Å²) in [4.78, 5) is 12.6. The minimum absolute atomic E-state index is 0.137. The van der Waals surface area contributed by atoms with Crippen molar-refractivity contribution < 1.29 is 4.79 Å². The number of halogens is 1. The number of aryl methyl sites for hydroxylation is 2. The van der Waals surface area contributed by atoms with E-state index in [2.05, 4.69) is 42.9 Å².